The number of carbonyl (C=O) groups excluding carboxylic acids is 1. The van der Waals surface area contributed by atoms with Crippen molar-refractivity contribution >= 4 is 38.1 Å². The Kier molecular flexibility index (Phi) is 7.56. The maximum atomic E-state index is 13.2. The van der Waals surface area contributed by atoms with Gasteiger partial charge < -0.3 is 5.11 Å². The molecule has 0 aliphatic carbocycles. The van der Waals surface area contributed by atoms with Crippen LogP contribution in [0.4, 0.5) is 0 Å². The minimum Gasteiger partial charge on any atom is -0.508 e. The fraction of sp³-hybridized carbons (Fsp3) is 0.0909. The fourth-order valence-corrected chi connectivity index (χ4v) is 4.35. The summed E-state index contributed by atoms with van der Waals surface area (Å²) < 4.78 is 28.2. The van der Waals surface area contributed by atoms with Crippen LogP contribution in [0.5, 0.6) is 5.75 Å². The standard InChI is InChI=1S/C22H20BrN3O4S/c23-19-8-12-21(13-9-19)31(29,30)26(15-18-4-2-1-3-5-18)16-22(28)25-24-14-17-6-10-20(27)11-7-17/h1-14,27H,15-16H2,(H,25,28)/b24-14+. The molecule has 0 heterocycles. The number of benzene rings is 3. The van der Waals surface area contributed by atoms with Crippen LogP contribution in [0.15, 0.2) is 93.3 Å². The molecule has 3 aromatic rings. The highest BCUT2D eigenvalue weighted by Crippen LogP contribution is 2.20. The lowest BCUT2D eigenvalue weighted by Gasteiger charge is -2.21. The largest absolute Gasteiger partial charge is 0.508 e. The molecule has 9 heteroatoms. The molecule has 0 fully saturated rings. The summed E-state index contributed by atoms with van der Waals surface area (Å²) in [6.45, 7) is -0.367. The Morgan fingerprint density at radius 2 is 1.65 bits per heavy atom. The number of nitrogens with one attached hydrogen (secondary N) is 1. The predicted molar refractivity (Wildman–Crippen MR) is 122 cm³/mol. The third-order valence-electron chi connectivity index (χ3n) is 4.27. The van der Waals surface area contributed by atoms with Crippen LogP contribution < -0.4 is 5.43 Å². The number of phenols is 1. The number of rotatable bonds is 8. The number of hydrogen-bond acceptors (Lipinski definition) is 5. The van der Waals surface area contributed by atoms with Crippen LogP contribution in [0, 0.1) is 0 Å². The fourth-order valence-electron chi connectivity index (χ4n) is 2.70. The average Bonchev–Trinajstić information content (AvgIpc) is 2.76. The van der Waals surface area contributed by atoms with Crippen molar-refractivity contribution < 1.29 is 18.3 Å². The van der Waals surface area contributed by atoms with E-state index in [1.807, 2.05) is 18.2 Å². The van der Waals surface area contributed by atoms with Crippen molar-refractivity contribution in [3.05, 3.63) is 94.5 Å². The Hall–Kier alpha value is -3.01. The number of halogens is 1. The number of carbonyl (C=O) groups is 1. The van der Waals surface area contributed by atoms with Gasteiger partial charge in [0.15, 0.2) is 0 Å². The van der Waals surface area contributed by atoms with Gasteiger partial charge in [-0.2, -0.15) is 9.41 Å². The van der Waals surface area contributed by atoms with E-state index >= 15 is 0 Å². The van der Waals surface area contributed by atoms with E-state index in [0.717, 1.165) is 14.3 Å². The smallest absolute Gasteiger partial charge is 0.255 e. The Morgan fingerprint density at radius 1 is 1.00 bits per heavy atom. The average molecular weight is 502 g/mol. The Labute approximate surface area is 189 Å². The number of hydrogen-bond donors (Lipinski definition) is 2. The Bertz CT molecular complexity index is 1150. The van der Waals surface area contributed by atoms with E-state index in [2.05, 4.69) is 26.5 Å². The van der Waals surface area contributed by atoms with Crippen molar-refractivity contribution in [3.63, 3.8) is 0 Å². The molecular formula is C22H20BrN3O4S. The molecule has 0 bridgehead atoms. The first-order valence-electron chi connectivity index (χ1n) is 9.25. The lowest BCUT2D eigenvalue weighted by Crippen LogP contribution is -2.39. The van der Waals surface area contributed by atoms with Gasteiger partial charge >= 0.3 is 0 Å². The molecule has 1 amide bonds. The van der Waals surface area contributed by atoms with Gasteiger partial charge in [0.2, 0.25) is 10.0 Å². The van der Waals surface area contributed by atoms with Crippen molar-refractivity contribution in [1.82, 2.24) is 9.73 Å². The maximum Gasteiger partial charge on any atom is 0.255 e. The monoisotopic (exact) mass is 501 g/mol. The van der Waals surface area contributed by atoms with Gasteiger partial charge in [-0.05, 0) is 59.7 Å². The number of sulfonamides is 1. The highest BCUT2D eigenvalue weighted by molar-refractivity contribution is 9.10. The second-order valence-corrected chi connectivity index (χ2v) is 9.45. The molecule has 0 aliphatic rings. The molecule has 0 unspecified atom stereocenters. The van der Waals surface area contributed by atoms with Crippen LogP contribution >= 0.6 is 15.9 Å². The van der Waals surface area contributed by atoms with Gasteiger partial charge in [-0.25, -0.2) is 13.8 Å². The molecule has 0 radical (unpaired) electrons. The van der Waals surface area contributed by atoms with Crippen LogP contribution in [-0.2, 0) is 21.4 Å². The SMILES string of the molecule is O=C(CN(Cc1ccccc1)S(=O)(=O)c1ccc(Br)cc1)N/N=C/c1ccc(O)cc1. The number of amides is 1. The van der Waals surface area contributed by atoms with E-state index in [1.165, 1.54) is 30.5 Å². The van der Waals surface area contributed by atoms with Crippen LogP contribution in [-0.4, -0.2) is 36.5 Å². The first-order chi connectivity index (χ1) is 14.8. The minimum absolute atomic E-state index is 0.0360. The normalized spacial score (nSPS) is 11.7. The lowest BCUT2D eigenvalue weighted by atomic mass is 10.2. The molecule has 0 aromatic heterocycles. The van der Waals surface area contributed by atoms with Gasteiger partial charge in [-0.15, -0.1) is 0 Å². The number of aromatic hydroxyl groups is 1. The number of phenolic OH excluding ortho intramolecular Hbond substituents is 1. The summed E-state index contributed by atoms with van der Waals surface area (Å²) in [5.41, 5.74) is 3.77. The minimum atomic E-state index is -3.92. The van der Waals surface area contributed by atoms with Crippen LogP contribution in [0.3, 0.4) is 0 Å². The summed E-state index contributed by atoms with van der Waals surface area (Å²) in [6.07, 6.45) is 1.40. The van der Waals surface area contributed by atoms with E-state index in [9.17, 15) is 18.3 Å². The highest BCUT2D eigenvalue weighted by atomic mass is 79.9. The molecule has 31 heavy (non-hydrogen) atoms. The molecule has 3 aromatic carbocycles. The van der Waals surface area contributed by atoms with Gasteiger partial charge in [-0.3, -0.25) is 4.79 Å². The van der Waals surface area contributed by atoms with Crippen LogP contribution in [0.2, 0.25) is 0 Å². The summed E-state index contributed by atoms with van der Waals surface area (Å²) in [7, 11) is -3.92. The zero-order chi connectivity index (χ0) is 22.3. The third kappa shape index (κ3) is 6.48. The quantitative estimate of drug-likeness (QED) is 0.364. The van der Waals surface area contributed by atoms with E-state index < -0.39 is 22.5 Å². The summed E-state index contributed by atoms with van der Waals surface area (Å²) in [4.78, 5) is 12.5. The maximum absolute atomic E-state index is 13.2. The first kappa shape index (κ1) is 22.7. The van der Waals surface area contributed by atoms with Gasteiger partial charge in [0.25, 0.3) is 5.91 Å². The Morgan fingerprint density at radius 3 is 2.29 bits per heavy atom. The molecule has 0 atom stereocenters. The summed E-state index contributed by atoms with van der Waals surface area (Å²) in [5, 5.41) is 13.2. The molecule has 0 aliphatic heterocycles. The van der Waals surface area contributed by atoms with Crippen molar-refractivity contribution in [2.24, 2.45) is 5.10 Å². The van der Waals surface area contributed by atoms with E-state index in [4.69, 9.17) is 0 Å². The van der Waals surface area contributed by atoms with E-state index in [0.29, 0.717) is 5.56 Å². The second-order valence-electron chi connectivity index (χ2n) is 6.60. The number of nitrogens with zero attached hydrogens (tertiary/aromatic N) is 2. The van der Waals surface area contributed by atoms with Gasteiger partial charge in [0, 0.05) is 11.0 Å². The molecule has 3 rings (SSSR count). The van der Waals surface area contributed by atoms with E-state index in [-0.39, 0.29) is 17.2 Å². The third-order valence-corrected chi connectivity index (χ3v) is 6.60. The van der Waals surface area contributed by atoms with Gasteiger partial charge in [0.1, 0.15) is 5.75 Å². The topological polar surface area (TPSA) is 99.1 Å². The molecule has 0 saturated carbocycles. The Balaban J connectivity index is 1.76. The van der Waals surface area contributed by atoms with Crippen LogP contribution in [0.1, 0.15) is 11.1 Å². The van der Waals surface area contributed by atoms with Crippen LogP contribution in [0.25, 0.3) is 0 Å². The summed E-state index contributed by atoms with van der Waals surface area (Å²) >= 11 is 3.29. The molecule has 2 N–H and O–H groups in total. The van der Waals surface area contributed by atoms with Crippen molar-refractivity contribution in [2.75, 3.05) is 6.54 Å². The summed E-state index contributed by atoms with van der Waals surface area (Å²) in [5.74, 6) is -0.456. The summed E-state index contributed by atoms with van der Waals surface area (Å²) in [6, 6.07) is 21.5. The predicted octanol–water partition coefficient (Wildman–Crippen LogP) is 3.50. The second kappa shape index (κ2) is 10.3. The molecule has 7 nitrogen and oxygen atoms in total. The zero-order valence-electron chi connectivity index (χ0n) is 16.3. The number of hydrazone groups is 1. The van der Waals surface area contributed by atoms with Crippen molar-refractivity contribution in [3.8, 4) is 5.75 Å². The van der Waals surface area contributed by atoms with E-state index in [1.54, 1.807) is 36.4 Å². The first-order valence-corrected chi connectivity index (χ1v) is 11.5. The van der Waals surface area contributed by atoms with Gasteiger partial charge in [-0.1, -0.05) is 46.3 Å². The van der Waals surface area contributed by atoms with Gasteiger partial charge in [0.05, 0.1) is 17.7 Å². The molecule has 0 saturated heterocycles. The molecular weight excluding hydrogens is 482 g/mol. The zero-order valence-corrected chi connectivity index (χ0v) is 18.8. The van der Waals surface area contributed by atoms with Crippen molar-refractivity contribution in [1.29, 1.82) is 0 Å². The molecule has 0 spiro atoms. The highest BCUT2D eigenvalue weighted by Gasteiger charge is 2.26. The molecule has 160 valence electrons. The lowest BCUT2D eigenvalue weighted by molar-refractivity contribution is -0.121. The van der Waals surface area contributed by atoms with Crippen molar-refractivity contribution in [2.45, 2.75) is 11.4 Å².